The number of aromatic nitrogens is 3. The Labute approximate surface area is 188 Å². The zero-order chi connectivity index (χ0) is 24.1. The first-order valence-electron chi connectivity index (χ1n) is 10.2. The maximum Gasteiger partial charge on any atom is 0.353 e. The Morgan fingerprint density at radius 2 is 1.85 bits per heavy atom. The third-order valence-electron chi connectivity index (χ3n) is 4.79. The summed E-state index contributed by atoms with van der Waals surface area (Å²) < 4.78 is 46.8. The summed E-state index contributed by atoms with van der Waals surface area (Å²) in [7, 11) is 1.42. The van der Waals surface area contributed by atoms with Gasteiger partial charge >= 0.3 is 5.69 Å². The van der Waals surface area contributed by atoms with Gasteiger partial charge in [-0.15, -0.1) is 0 Å². The van der Waals surface area contributed by atoms with E-state index in [0.717, 1.165) is 16.6 Å². The second-order valence-corrected chi connectivity index (χ2v) is 7.36. The molecule has 0 aliphatic rings. The van der Waals surface area contributed by atoms with Gasteiger partial charge < -0.3 is 20.5 Å². The molecule has 0 saturated heterocycles. The molecule has 8 nitrogen and oxygen atoms in total. The average Bonchev–Trinajstić information content (AvgIpc) is 2.78. The number of aliphatic hydroxyl groups is 1. The fourth-order valence-electron chi connectivity index (χ4n) is 2.91. The predicted molar refractivity (Wildman–Crippen MR) is 117 cm³/mol. The molecule has 0 aliphatic carbocycles. The normalized spacial score (nSPS) is 11.8. The Bertz CT molecular complexity index is 1180. The van der Waals surface area contributed by atoms with Gasteiger partial charge in [0.05, 0.1) is 12.7 Å². The zero-order valence-corrected chi connectivity index (χ0v) is 18.3. The number of halogens is 3. The summed E-state index contributed by atoms with van der Waals surface area (Å²) in [4.78, 5) is 20.4. The van der Waals surface area contributed by atoms with Crippen LogP contribution in [0.5, 0.6) is 5.75 Å². The number of hydrogen-bond donors (Lipinski definition) is 3. The van der Waals surface area contributed by atoms with Gasteiger partial charge in [0.1, 0.15) is 5.75 Å². The van der Waals surface area contributed by atoms with E-state index < -0.39 is 29.2 Å². The monoisotopic (exact) mass is 463 g/mol. The lowest BCUT2D eigenvalue weighted by Gasteiger charge is -2.16. The largest absolute Gasteiger partial charge is 0.494 e. The fourth-order valence-corrected chi connectivity index (χ4v) is 2.91. The zero-order valence-electron chi connectivity index (χ0n) is 18.3. The molecule has 176 valence electrons. The highest BCUT2D eigenvalue weighted by atomic mass is 19.2. The van der Waals surface area contributed by atoms with Gasteiger partial charge in [-0.2, -0.15) is 9.97 Å². The Kier molecular flexibility index (Phi) is 7.54. The van der Waals surface area contributed by atoms with Crippen LogP contribution in [0.25, 0.3) is 0 Å². The number of aliphatic hydroxyl groups excluding tert-OH is 1. The van der Waals surface area contributed by atoms with Crippen molar-refractivity contribution in [2.24, 2.45) is 7.05 Å². The molecule has 0 spiro atoms. The number of rotatable bonds is 9. The minimum absolute atomic E-state index is 0.00435. The smallest absolute Gasteiger partial charge is 0.353 e. The highest BCUT2D eigenvalue weighted by Gasteiger charge is 2.17. The van der Waals surface area contributed by atoms with E-state index >= 15 is 0 Å². The van der Waals surface area contributed by atoms with E-state index in [1.54, 1.807) is 6.07 Å². The van der Waals surface area contributed by atoms with E-state index in [0.29, 0.717) is 30.2 Å². The van der Waals surface area contributed by atoms with Crippen molar-refractivity contribution in [2.45, 2.75) is 26.4 Å². The van der Waals surface area contributed by atoms with Crippen molar-refractivity contribution >= 4 is 17.6 Å². The van der Waals surface area contributed by atoms with Crippen LogP contribution < -0.4 is 21.1 Å². The lowest BCUT2D eigenvalue weighted by Crippen LogP contribution is -2.27. The van der Waals surface area contributed by atoms with Crippen LogP contribution in [0, 0.1) is 24.4 Å². The minimum Gasteiger partial charge on any atom is -0.494 e. The number of anilines is 3. The van der Waals surface area contributed by atoms with Crippen LogP contribution in [0.15, 0.2) is 35.1 Å². The quantitative estimate of drug-likeness (QED) is 0.417. The molecule has 0 fully saturated rings. The summed E-state index contributed by atoms with van der Waals surface area (Å²) in [5.41, 5.74) is 0.712. The van der Waals surface area contributed by atoms with Crippen LogP contribution in [0.1, 0.15) is 30.6 Å². The lowest BCUT2D eigenvalue weighted by atomic mass is 10.1. The van der Waals surface area contributed by atoms with Gasteiger partial charge in [-0.05, 0) is 42.7 Å². The predicted octanol–water partition coefficient (Wildman–Crippen LogP) is 3.58. The van der Waals surface area contributed by atoms with Gasteiger partial charge in [-0.25, -0.2) is 18.0 Å². The van der Waals surface area contributed by atoms with Crippen molar-refractivity contribution in [3.05, 3.63) is 69.4 Å². The molecule has 0 radical (unpaired) electrons. The van der Waals surface area contributed by atoms with Crippen molar-refractivity contribution < 1.29 is 23.0 Å². The number of benzene rings is 2. The first-order chi connectivity index (χ1) is 15.7. The van der Waals surface area contributed by atoms with Gasteiger partial charge in [0.2, 0.25) is 11.9 Å². The number of hydrogen-bond acceptors (Lipinski definition) is 7. The molecule has 3 N–H and O–H groups in total. The van der Waals surface area contributed by atoms with E-state index in [1.165, 1.54) is 7.05 Å². The van der Waals surface area contributed by atoms with Crippen LogP contribution in [-0.4, -0.2) is 32.8 Å². The first kappa shape index (κ1) is 24.1. The van der Waals surface area contributed by atoms with Crippen LogP contribution in [0.4, 0.5) is 30.8 Å². The Morgan fingerprint density at radius 1 is 1.15 bits per heavy atom. The molecular formula is C22H24F3N5O3. The molecule has 1 unspecified atom stereocenters. The molecule has 1 heterocycles. The van der Waals surface area contributed by atoms with Crippen molar-refractivity contribution in [3.63, 3.8) is 0 Å². The molecule has 3 aromatic rings. The minimum atomic E-state index is -1.62. The van der Waals surface area contributed by atoms with Gasteiger partial charge in [0.15, 0.2) is 17.5 Å². The fraction of sp³-hybridized carbons (Fsp3) is 0.318. The highest BCUT2D eigenvalue weighted by molar-refractivity contribution is 5.61. The summed E-state index contributed by atoms with van der Waals surface area (Å²) in [5.74, 6) is -3.74. The van der Waals surface area contributed by atoms with Crippen molar-refractivity contribution in [1.82, 2.24) is 14.5 Å². The summed E-state index contributed by atoms with van der Waals surface area (Å²) in [6.07, 6.45) is -0.544. The standard InChI is InChI=1S/C22H24F3N5O3/c1-4-7-33-14-6-5-12(2)17(10-14)27-20-28-21(30(3)22(32)29-20)26-11-18(31)13-8-15(23)19(25)16(24)9-13/h5-6,8-10,18,31H,4,7,11H2,1-3H3,(H2,26,27,28,29,32). The topological polar surface area (TPSA) is 101 Å². The van der Waals surface area contributed by atoms with Crippen LogP contribution in [-0.2, 0) is 7.05 Å². The van der Waals surface area contributed by atoms with Crippen molar-refractivity contribution in [1.29, 1.82) is 0 Å². The van der Waals surface area contributed by atoms with E-state index in [-0.39, 0.29) is 24.0 Å². The summed E-state index contributed by atoms with van der Waals surface area (Å²) in [6, 6.07) is 6.85. The first-order valence-corrected chi connectivity index (χ1v) is 10.2. The number of nitrogens with one attached hydrogen (secondary N) is 2. The Morgan fingerprint density at radius 3 is 2.52 bits per heavy atom. The average molecular weight is 463 g/mol. The molecule has 0 saturated carbocycles. The van der Waals surface area contributed by atoms with E-state index in [9.17, 15) is 23.1 Å². The molecule has 2 aromatic carbocycles. The number of aryl methyl sites for hydroxylation is 1. The molecule has 1 atom stereocenters. The second-order valence-electron chi connectivity index (χ2n) is 7.36. The molecule has 1 aromatic heterocycles. The highest BCUT2D eigenvalue weighted by Crippen LogP contribution is 2.25. The van der Waals surface area contributed by atoms with Crippen molar-refractivity contribution in [3.8, 4) is 5.75 Å². The van der Waals surface area contributed by atoms with Gasteiger partial charge in [-0.1, -0.05) is 13.0 Å². The van der Waals surface area contributed by atoms with Gasteiger partial charge in [0, 0.05) is 25.3 Å². The second kappa shape index (κ2) is 10.3. The third-order valence-corrected chi connectivity index (χ3v) is 4.79. The van der Waals surface area contributed by atoms with E-state index in [1.807, 2.05) is 26.0 Å². The maximum atomic E-state index is 13.4. The summed E-state index contributed by atoms with van der Waals surface area (Å²) in [6.45, 7) is 4.16. The molecule has 11 heteroatoms. The molecule has 0 bridgehead atoms. The molecule has 33 heavy (non-hydrogen) atoms. The lowest BCUT2D eigenvalue weighted by molar-refractivity contribution is 0.190. The number of ether oxygens (including phenoxy) is 1. The van der Waals surface area contributed by atoms with Crippen LogP contribution >= 0.6 is 0 Å². The Balaban J connectivity index is 1.79. The molecule has 3 rings (SSSR count). The summed E-state index contributed by atoms with van der Waals surface area (Å²) in [5, 5.41) is 16.0. The summed E-state index contributed by atoms with van der Waals surface area (Å²) >= 11 is 0. The number of nitrogens with zero attached hydrogens (tertiary/aromatic N) is 3. The SMILES string of the molecule is CCCOc1ccc(C)c(Nc2nc(NCC(O)c3cc(F)c(F)c(F)c3)n(C)c(=O)n2)c1. The van der Waals surface area contributed by atoms with Crippen molar-refractivity contribution in [2.75, 3.05) is 23.8 Å². The van der Waals surface area contributed by atoms with E-state index in [2.05, 4.69) is 20.6 Å². The molecular weight excluding hydrogens is 439 g/mol. The van der Waals surface area contributed by atoms with E-state index in [4.69, 9.17) is 4.74 Å². The van der Waals surface area contributed by atoms with Gasteiger partial charge in [0.25, 0.3) is 0 Å². The maximum absolute atomic E-state index is 13.4. The molecule has 0 aliphatic heterocycles. The Hall–Kier alpha value is -3.60. The van der Waals surface area contributed by atoms with Crippen LogP contribution in [0.3, 0.4) is 0 Å². The molecule has 0 amide bonds. The third kappa shape index (κ3) is 5.80. The van der Waals surface area contributed by atoms with Gasteiger partial charge in [-0.3, -0.25) is 4.57 Å². The van der Waals surface area contributed by atoms with Crippen LogP contribution in [0.2, 0.25) is 0 Å².